The molecule has 2 rings (SSSR count). The summed E-state index contributed by atoms with van der Waals surface area (Å²) < 4.78 is 10.9. The van der Waals surface area contributed by atoms with Crippen LogP contribution < -0.4 is 5.32 Å². The number of nitrogens with one attached hydrogen (secondary N) is 1. The van der Waals surface area contributed by atoms with E-state index in [1.54, 1.807) is 7.11 Å². The second kappa shape index (κ2) is 8.63. The average molecular weight is 298 g/mol. The normalized spacial score (nSPS) is 16.3. The van der Waals surface area contributed by atoms with Gasteiger partial charge < -0.3 is 14.8 Å². The first kappa shape index (κ1) is 15.8. The molecule has 3 nitrogen and oxygen atoms in total. The van der Waals surface area contributed by atoms with E-state index in [2.05, 4.69) is 11.4 Å². The minimum absolute atomic E-state index is 0.337. The molecule has 0 aromatic heterocycles. The molecule has 0 bridgehead atoms. The van der Waals surface area contributed by atoms with E-state index < -0.39 is 0 Å². The molecule has 0 saturated heterocycles. The zero-order valence-corrected chi connectivity index (χ0v) is 12.9. The van der Waals surface area contributed by atoms with Crippen LogP contribution in [0, 0.1) is 5.92 Å². The Balaban J connectivity index is 1.83. The van der Waals surface area contributed by atoms with Crippen molar-refractivity contribution in [2.45, 2.75) is 18.8 Å². The van der Waals surface area contributed by atoms with Crippen LogP contribution in [0.2, 0.25) is 5.02 Å². The van der Waals surface area contributed by atoms with Crippen LogP contribution >= 0.6 is 11.6 Å². The second-order valence-corrected chi connectivity index (χ2v) is 5.87. The predicted molar refractivity (Wildman–Crippen MR) is 82.5 cm³/mol. The van der Waals surface area contributed by atoms with Gasteiger partial charge in [0.15, 0.2) is 0 Å². The Kier molecular flexibility index (Phi) is 6.80. The molecule has 1 aromatic rings. The molecule has 1 aliphatic carbocycles. The van der Waals surface area contributed by atoms with Gasteiger partial charge in [-0.25, -0.2) is 0 Å². The number of rotatable bonds is 10. The van der Waals surface area contributed by atoms with Crippen molar-refractivity contribution >= 4 is 11.6 Å². The molecule has 0 radical (unpaired) electrons. The van der Waals surface area contributed by atoms with Crippen LogP contribution in [0.3, 0.4) is 0 Å². The standard InChI is InChI=1S/C16H24ClNO2/c1-19-8-7-18-10-15(12-20-11-13-5-6-13)14-3-2-4-16(17)9-14/h2-4,9,13,15,18H,5-8,10-12H2,1H3. The zero-order valence-electron chi connectivity index (χ0n) is 12.1. The summed E-state index contributed by atoms with van der Waals surface area (Å²) in [6.07, 6.45) is 2.65. The summed E-state index contributed by atoms with van der Waals surface area (Å²) in [6, 6.07) is 8.06. The lowest BCUT2D eigenvalue weighted by atomic mass is 10.00. The number of benzene rings is 1. The van der Waals surface area contributed by atoms with E-state index in [0.717, 1.165) is 43.9 Å². The molecule has 1 aliphatic rings. The fraction of sp³-hybridized carbons (Fsp3) is 0.625. The van der Waals surface area contributed by atoms with Gasteiger partial charge in [-0.05, 0) is 36.5 Å². The first-order valence-corrected chi connectivity index (χ1v) is 7.70. The van der Waals surface area contributed by atoms with Crippen molar-refractivity contribution in [3.63, 3.8) is 0 Å². The van der Waals surface area contributed by atoms with Crippen LogP contribution in [-0.4, -0.2) is 40.0 Å². The summed E-state index contributed by atoms with van der Waals surface area (Å²) in [6.45, 7) is 4.11. The van der Waals surface area contributed by atoms with Crippen LogP contribution in [-0.2, 0) is 9.47 Å². The highest BCUT2D eigenvalue weighted by Gasteiger charge is 2.22. The third-order valence-corrected chi connectivity index (χ3v) is 3.80. The van der Waals surface area contributed by atoms with Crippen molar-refractivity contribution in [1.82, 2.24) is 5.32 Å². The van der Waals surface area contributed by atoms with Crippen LogP contribution in [0.15, 0.2) is 24.3 Å². The maximum absolute atomic E-state index is 6.09. The number of hydrogen-bond donors (Lipinski definition) is 1. The van der Waals surface area contributed by atoms with Crippen LogP contribution in [0.4, 0.5) is 0 Å². The number of halogens is 1. The van der Waals surface area contributed by atoms with Crippen molar-refractivity contribution in [1.29, 1.82) is 0 Å². The SMILES string of the molecule is COCCNCC(COCC1CC1)c1cccc(Cl)c1. The first-order valence-electron chi connectivity index (χ1n) is 7.32. The van der Waals surface area contributed by atoms with E-state index in [-0.39, 0.29) is 0 Å². The van der Waals surface area contributed by atoms with E-state index in [1.807, 2.05) is 18.2 Å². The maximum Gasteiger partial charge on any atom is 0.0587 e. The highest BCUT2D eigenvalue weighted by Crippen LogP contribution is 2.29. The molecule has 1 unspecified atom stereocenters. The lowest BCUT2D eigenvalue weighted by Gasteiger charge is -2.18. The van der Waals surface area contributed by atoms with Gasteiger partial charge in [0.1, 0.15) is 0 Å². The minimum atomic E-state index is 0.337. The lowest BCUT2D eigenvalue weighted by Crippen LogP contribution is -2.27. The first-order chi connectivity index (χ1) is 9.79. The Labute approximate surface area is 126 Å². The molecular weight excluding hydrogens is 274 g/mol. The van der Waals surface area contributed by atoms with Crippen LogP contribution in [0.25, 0.3) is 0 Å². The largest absolute Gasteiger partial charge is 0.383 e. The van der Waals surface area contributed by atoms with Gasteiger partial charge in [-0.1, -0.05) is 23.7 Å². The molecule has 0 aliphatic heterocycles. The second-order valence-electron chi connectivity index (χ2n) is 5.43. The Morgan fingerprint density at radius 2 is 2.25 bits per heavy atom. The molecular formula is C16H24ClNO2. The van der Waals surface area contributed by atoms with Gasteiger partial charge in [-0.15, -0.1) is 0 Å². The van der Waals surface area contributed by atoms with Gasteiger partial charge >= 0.3 is 0 Å². The molecule has 4 heteroatoms. The molecule has 0 heterocycles. The monoisotopic (exact) mass is 297 g/mol. The number of methoxy groups -OCH3 is 1. The summed E-state index contributed by atoms with van der Waals surface area (Å²) in [4.78, 5) is 0. The van der Waals surface area contributed by atoms with Crippen LogP contribution in [0.5, 0.6) is 0 Å². The van der Waals surface area contributed by atoms with E-state index in [0.29, 0.717) is 5.92 Å². The molecule has 1 aromatic carbocycles. The van der Waals surface area contributed by atoms with E-state index in [9.17, 15) is 0 Å². The Morgan fingerprint density at radius 3 is 2.95 bits per heavy atom. The van der Waals surface area contributed by atoms with Gasteiger partial charge in [-0.2, -0.15) is 0 Å². The minimum Gasteiger partial charge on any atom is -0.383 e. The van der Waals surface area contributed by atoms with Crippen LogP contribution in [0.1, 0.15) is 24.3 Å². The molecule has 20 heavy (non-hydrogen) atoms. The summed E-state index contributed by atoms with van der Waals surface area (Å²) in [7, 11) is 1.72. The zero-order chi connectivity index (χ0) is 14.2. The third-order valence-electron chi connectivity index (χ3n) is 3.56. The molecule has 0 amide bonds. The fourth-order valence-corrected chi connectivity index (χ4v) is 2.34. The van der Waals surface area contributed by atoms with Gasteiger partial charge in [0.2, 0.25) is 0 Å². The van der Waals surface area contributed by atoms with Gasteiger partial charge in [0, 0.05) is 37.7 Å². The smallest absolute Gasteiger partial charge is 0.0587 e. The topological polar surface area (TPSA) is 30.5 Å². The number of ether oxygens (including phenoxy) is 2. The van der Waals surface area contributed by atoms with Crippen molar-refractivity contribution in [3.8, 4) is 0 Å². The van der Waals surface area contributed by atoms with Crippen molar-refractivity contribution in [2.24, 2.45) is 5.92 Å². The predicted octanol–water partition coefficient (Wildman–Crippen LogP) is 3.09. The maximum atomic E-state index is 6.09. The summed E-state index contributed by atoms with van der Waals surface area (Å²) >= 11 is 6.09. The quantitative estimate of drug-likeness (QED) is 0.673. The Hall–Kier alpha value is -0.610. The fourth-order valence-electron chi connectivity index (χ4n) is 2.15. The van der Waals surface area contributed by atoms with E-state index >= 15 is 0 Å². The third kappa shape index (κ3) is 5.80. The lowest BCUT2D eigenvalue weighted by molar-refractivity contribution is 0.109. The molecule has 1 fully saturated rings. The van der Waals surface area contributed by atoms with Crippen molar-refractivity contribution in [3.05, 3.63) is 34.9 Å². The van der Waals surface area contributed by atoms with Crippen molar-refractivity contribution < 1.29 is 9.47 Å². The van der Waals surface area contributed by atoms with Gasteiger partial charge in [-0.3, -0.25) is 0 Å². The highest BCUT2D eigenvalue weighted by atomic mass is 35.5. The number of hydrogen-bond acceptors (Lipinski definition) is 3. The molecule has 1 N–H and O–H groups in total. The van der Waals surface area contributed by atoms with Crippen molar-refractivity contribution in [2.75, 3.05) is 40.0 Å². The summed E-state index contributed by atoms with van der Waals surface area (Å²) in [5.74, 6) is 1.14. The van der Waals surface area contributed by atoms with E-state index in [1.165, 1.54) is 18.4 Å². The Morgan fingerprint density at radius 1 is 1.40 bits per heavy atom. The highest BCUT2D eigenvalue weighted by molar-refractivity contribution is 6.30. The van der Waals surface area contributed by atoms with Gasteiger partial charge in [0.05, 0.1) is 13.2 Å². The summed E-state index contributed by atoms with van der Waals surface area (Å²) in [5.41, 5.74) is 1.23. The molecule has 112 valence electrons. The van der Waals surface area contributed by atoms with E-state index in [4.69, 9.17) is 21.1 Å². The summed E-state index contributed by atoms with van der Waals surface area (Å²) in [5, 5.41) is 4.19. The molecule has 1 atom stereocenters. The average Bonchev–Trinajstić information content (AvgIpc) is 3.25. The van der Waals surface area contributed by atoms with Gasteiger partial charge in [0.25, 0.3) is 0 Å². The molecule has 0 spiro atoms. The molecule has 1 saturated carbocycles. The Bertz CT molecular complexity index is 396.